The second kappa shape index (κ2) is 10.4. The molecule has 1 aromatic carbocycles. The van der Waals surface area contributed by atoms with Gasteiger partial charge in [0.2, 0.25) is 0 Å². The molecule has 0 unspecified atom stereocenters. The molecule has 0 aromatic heterocycles. The maximum atomic E-state index is 14.4. The number of nitrogens with zero attached hydrogens (tertiary/aromatic N) is 2. The Morgan fingerprint density at radius 2 is 2.03 bits per heavy atom. The Hall–Kier alpha value is -2.92. The molecule has 2 aliphatic rings. The highest BCUT2D eigenvalue weighted by molar-refractivity contribution is 8.18. The number of carboxylic acid groups (broad SMARTS) is 1. The molecule has 0 bridgehead atoms. The molecule has 0 saturated carbocycles. The number of amides is 2. The van der Waals surface area contributed by atoms with Crippen molar-refractivity contribution in [2.45, 2.75) is 58.6 Å². The Bertz CT molecular complexity index is 1080. The van der Waals surface area contributed by atoms with Gasteiger partial charge in [-0.1, -0.05) is 19.9 Å². The molecule has 1 saturated heterocycles. The SMILES string of the molecule is CC(C)[C@](NC(=O)OC(C)(C)C)(C(=O)O)c1cc(F)ccc1C=C1SC(N2CCCCN2)=NC1=O. The van der Waals surface area contributed by atoms with E-state index in [1.165, 1.54) is 18.2 Å². The van der Waals surface area contributed by atoms with E-state index in [2.05, 4.69) is 15.7 Å². The van der Waals surface area contributed by atoms with Crippen molar-refractivity contribution >= 4 is 41.0 Å². The van der Waals surface area contributed by atoms with Crippen LogP contribution in [0, 0.1) is 11.7 Å². The summed E-state index contributed by atoms with van der Waals surface area (Å²) < 4.78 is 19.7. The lowest BCUT2D eigenvalue weighted by molar-refractivity contribution is -0.147. The van der Waals surface area contributed by atoms with E-state index in [1.54, 1.807) is 34.6 Å². The van der Waals surface area contributed by atoms with Crippen LogP contribution in [-0.2, 0) is 19.9 Å². The summed E-state index contributed by atoms with van der Waals surface area (Å²) >= 11 is 1.15. The van der Waals surface area contributed by atoms with E-state index in [1.807, 2.05) is 5.01 Å². The number of nitrogens with one attached hydrogen (secondary N) is 2. The molecular weight excluding hydrogens is 475 g/mol. The summed E-state index contributed by atoms with van der Waals surface area (Å²) in [6.07, 6.45) is 2.53. The summed E-state index contributed by atoms with van der Waals surface area (Å²) in [5.41, 5.74) is 0.564. The Balaban J connectivity index is 2.04. The van der Waals surface area contributed by atoms with E-state index in [0.29, 0.717) is 11.7 Å². The van der Waals surface area contributed by atoms with E-state index < -0.39 is 40.8 Å². The quantitative estimate of drug-likeness (QED) is 0.515. The summed E-state index contributed by atoms with van der Waals surface area (Å²) in [5, 5.41) is 15.1. The van der Waals surface area contributed by atoms with E-state index in [0.717, 1.165) is 37.2 Å². The lowest BCUT2D eigenvalue weighted by Gasteiger charge is -2.36. The summed E-state index contributed by atoms with van der Waals surface area (Å²) in [6.45, 7) is 9.66. The fraction of sp³-hybridized carbons (Fsp3) is 0.500. The van der Waals surface area contributed by atoms with Gasteiger partial charge >= 0.3 is 12.1 Å². The third-order valence-corrected chi connectivity index (χ3v) is 6.59. The second-order valence-electron chi connectivity index (χ2n) is 9.70. The van der Waals surface area contributed by atoms with Crippen LogP contribution in [0.15, 0.2) is 28.1 Å². The van der Waals surface area contributed by atoms with Crippen LogP contribution in [-0.4, -0.2) is 51.9 Å². The molecule has 35 heavy (non-hydrogen) atoms. The number of halogens is 1. The average molecular weight is 507 g/mol. The molecule has 1 atom stereocenters. The van der Waals surface area contributed by atoms with Gasteiger partial charge in [-0.3, -0.25) is 9.80 Å². The molecule has 190 valence electrons. The number of aliphatic carboxylic acids is 1. The van der Waals surface area contributed by atoms with E-state index >= 15 is 0 Å². The first-order chi connectivity index (χ1) is 16.3. The van der Waals surface area contributed by atoms with Gasteiger partial charge < -0.3 is 15.2 Å². The highest BCUT2D eigenvalue weighted by atomic mass is 32.2. The van der Waals surface area contributed by atoms with Gasteiger partial charge in [-0.05, 0) is 80.6 Å². The first-order valence-electron chi connectivity index (χ1n) is 11.4. The Morgan fingerprint density at radius 1 is 1.31 bits per heavy atom. The van der Waals surface area contributed by atoms with Gasteiger partial charge in [0.1, 0.15) is 11.4 Å². The van der Waals surface area contributed by atoms with E-state index in [9.17, 15) is 23.9 Å². The number of hydrogen-bond donors (Lipinski definition) is 3. The summed E-state index contributed by atoms with van der Waals surface area (Å²) in [5.74, 6) is -3.25. The number of rotatable bonds is 5. The zero-order valence-corrected chi connectivity index (χ0v) is 21.3. The molecule has 1 aromatic rings. The smallest absolute Gasteiger partial charge is 0.408 e. The topological polar surface area (TPSA) is 120 Å². The van der Waals surface area contributed by atoms with Gasteiger partial charge in [0.25, 0.3) is 5.91 Å². The fourth-order valence-electron chi connectivity index (χ4n) is 3.90. The lowest BCUT2D eigenvalue weighted by atomic mass is 9.77. The average Bonchev–Trinajstić information content (AvgIpc) is 3.12. The predicted molar refractivity (Wildman–Crippen MR) is 132 cm³/mol. The normalized spacial score (nSPS) is 19.5. The van der Waals surface area contributed by atoms with Crippen LogP contribution in [0.2, 0.25) is 0 Å². The monoisotopic (exact) mass is 506 g/mol. The molecule has 11 heteroatoms. The number of amidine groups is 1. The number of carbonyl (C=O) groups excluding carboxylic acids is 2. The minimum Gasteiger partial charge on any atom is -0.479 e. The van der Waals surface area contributed by atoms with Crippen LogP contribution in [0.1, 0.15) is 58.6 Å². The minimum absolute atomic E-state index is 0.00342. The number of alkyl carbamates (subject to hydrolysis) is 1. The first-order valence-corrected chi connectivity index (χ1v) is 12.2. The standard InChI is InChI=1S/C24H31FN4O5S/c1-14(2)24(20(31)32,28-22(33)34-23(3,4)5)17-13-16(25)9-8-15(17)12-18-19(30)27-21(35-18)29-11-7-6-10-26-29/h8-9,12-14,26H,6-7,10-11H2,1-5H3,(H,28,33)(H,31,32)/t24-/m1/s1. The van der Waals surface area contributed by atoms with Gasteiger partial charge in [-0.15, -0.1) is 0 Å². The number of hydrazine groups is 1. The molecule has 1 fully saturated rings. The molecule has 3 rings (SSSR count). The summed E-state index contributed by atoms with van der Waals surface area (Å²) in [6, 6.07) is 3.63. The zero-order chi connectivity index (χ0) is 26.0. The van der Waals surface area contributed by atoms with Crippen LogP contribution in [0.4, 0.5) is 9.18 Å². The number of aliphatic imine (C=N–C) groups is 1. The van der Waals surface area contributed by atoms with Crippen molar-refractivity contribution in [1.82, 2.24) is 15.8 Å². The number of carbonyl (C=O) groups is 3. The third-order valence-electron chi connectivity index (χ3n) is 5.58. The molecule has 9 nitrogen and oxygen atoms in total. The molecule has 0 spiro atoms. The van der Waals surface area contributed by atoms with Gasteiger partial charge in [-0.2, -0.15) is 4.99 Å². The second-order valence-corrected chi connectivity index (χ2v) is 10.7. The van der Waals surface area contributed by atoms with Crippen molar-refractivity contribution in [3.05, 3.63) is 40.0 Å². The highest BCUT2D eigenvalue weighted by Crippen LogP contribution is 2.37. The van der Waals surface area contributed by atoms with Gasteiger partial charge in [0.05, 0.1) is 4.91 Å². The van der Waals surface area contributed by atoms with Crippen LogP contribution >= 0.6 is 11.8 Å². The Morgan fingerprint density at radius 3 is 2.60 bits per heavy atom. The van der Waals surface area contributed by atoms with Crippen LogP contribution in [0.5, 0.6) is 0 Å². The molecule has 2 heterocycles. The third kappa shape index (κ3) is 6.02. The lowest BCUT2D eigenvalue weighted by Crippen LogP contribution is -2.56. The molecular formula is C24H31FN4O5S. The van der Waals surface area contributed by atoms with Crippen molar-refractivity contribution in [1.29, 1.82) is 0 Å². The molecule has 0 aliphatic carbocycles. The van der Waals surface area contributed by atoms with Crippen LogP contribution < -0.4 is 10.7 Å². The number of ether oxygens (including phenoxy) is 1. The van der Waals surface area contributed by atoms with Gasteiger partial charge in [0.15, 0.2) is 10.7 Å². The molecule has 0 radical (unpaired) electrons. The maximum absolute atomic E-state index is 14.4. The number of hydrogen-bond acceptors (Lipinski definition) is 7. The maximum Gasteiger partial charge on any atom is 0.408 e. The number of thioether (sulfide) groups is 1. The zero-order valence-electron chi connectivity index (χ0n) is 20.5. The van der Waals surface area contributed by atoms with Crippen LogP contribution in [0.25, 0.3) is 6.08 Å². The number of benzene rings is 1. The van der Waals surface area contributed by atoms with E-state index in [-0.39, 0.29) is 16.0 Å². The first kappa shape index (κ1) is 26.7. The molecule has 2 amide bonds. The number of carboxylic acids is 1. The van der Waals surface area contributed by atoms with E-state index in [4.69, 9.17) is 4.74 Å². The highest BCUT2D eigenvalue weighted by Gasteiger charge is 2.47. The summed E-state index contributed by atoms with van der Waals surface area (Å²) in [7, 11) is 0. The van der Waals surface area contributed by atoms with Crippen molar-refractivity contribution < 1.29 is 28.6 Å². The van der Waals surface area contributed by atoms with Crippen molar-refractivity contribution in [3.8, 4) is 0 Å². The van der Waals surface area contributed by atoms with Crippen molar-refractivity contribution in [2.24, 2.45) is 10.9 Å². The van der Waals surface area contributed by atoms with Crippen molar-refractivity contribution in [2.75, 3.05) is 13.1 Å². The van der Waals surface area contributed by atoms with Gasteiger partial charge in [-0.25, -0.2) is 19.4 Å². The van der Waals surface area contributed by atoms with Crippen LogP contribution in [0.3, 0.4) is 0 Å². The Labute approximate surface area is 208 Å². The minimum atomic E-state index is -2.03. The molecule has 2 aliphatic heterocycles. The fourth-order valence-corrected chi connectivity index (χ4v) is 4.81. The van der Waals surface area contributed by atoms with Gasteiger partial charge in [0, 0.05) is 13.1 Å². The Kier molecular flexibility index (Phi) is 7.90. The van der Waals surface area contributed by atoms with Crippen molar-refractivity contribution in [3.63, 3.8) is 0 Å². The summed E-state index contributed by atoms with van der Waals surface area (Å²) in [4.78, 5) is 42.4. The molecule has 3 N–H and O–H groups in total. The largest absolute Gasteiger partial charge is 0.479 e. The predicted octanol–water partition coefficient (Wildman–Crippen LogP) is 3.86.